The van der Waals surface area contributed by atoms with Crippen LogP contribution in [0.2, 0.25) is 0 Å². The molecule has 1 aliphatic heterocycles. The van der Waals surface area contributed by atoms with Crippen LogP contribution in [-0.4, -0.2) is 35.1 Å². The number of rotatable bonds is 6. The van der Waals surface area contributed by atoms with E-state index in [4.69, 9.17) is 0 Å². The second-order valence-electron chi connectivity index (χ2n) is 6.92. The Hall–Kier alpha value is -1.30. The van der Waals surface area contributed by atoms with Crippen LogP contribution in [0.4, 0.5) is 0 Å². The maximum atomic E-state index is 12.2. The van der Waals surface area contributed by atoms with Gasteiger partial charge in [0.1, 0.15) is 5.82 Å². The van der Waals surface area contributed by atoms with Crippen molar-refractivity contribution in [3.8, 4) is 0 Å². The molecule has 1 unspecified atom stereocenters. The fourth-order valence-corrected chi connectivity index (χ4v) is 3.73. The third kappa shape index (κ3) is 5.60. The molecule has 1 aliphatic rings. The van der Waals surface area contributed by atoms with E-state index in [1.54, 1.807) is 0 Å². The van der Waals surface area contributed by atoms with Crippen LogP contribution in [0.3, 0.4) is 0 Å². The monoisotopic (exact) mass is 400 g/mol. The molecule has 0 saturated carbocycles. The van der Waals surface area contributed by atoms with Gasteiger partial charge >= 0.3 is 0 Å². The molecule has 7 heteroatoms. The Morgan fingerprint density at radius 3 is 2.73 bits per heavy atom. The Balaban J connectivity index is 0.00000169. The van der Waals surface area contributed by atoms with Crippen molar-refractivity contribution in [2.24, 2.45) is 11.8 Å². The summed E-state index contributed by atoms with van der Waals surface area (Å²) in [5, 5.41) is 6.46. The van der Waals surface area contributed by atoms with E-state index >= 15 is 0 Å². The lowest BCUT2D eigenvalue weighted by Crippen LogP contribution is -2.34. The molecule has 5 nitrogen and oxygen atoms in total. The molecule has 2 heterocycles. The molecule has 0 radical (unpaired) electrons. The number of carbonyl (C=O) groups excluding carboxylic acids is 1. The molecule has 26 heavy (non-hydrogen) atoms. The van der Waals surface area contributed by atoms with Gasteiger partial charge in [0.25, 0.3) is 0 Å². The lowest BCUT2D eigenvalue weighted by molar-refractivity contribution is -0.122. The first-order valence-electron chi connectivity index (χ1n) is 9.04. The summed E-state index contributed by atoms with van der Waals surface area (Å²) in [7, 11) is 0. The zero-order chi connectivity index (χ0) is 16.9. The van der Waals surface area contributed by atoms with Crippen LogP contribution in [0.25, 0.3) is 11.0 Å². The Morgan fingerprint density at radius 1 is 1.31 bits per heavy atom. The molecule has 1 atom stereocenters. The summed E-state index contributed by atoms with van der Waals surface area (Å²) in [6.45, 7) is 7.82. The minimum absolute atomic E-state index is 0. The maximum absolute atomic E-state index is 12.2. The van der Waals surface area contributed by atoms with Crippen molar-refractivity contribution in [2.75, 3.05) is 19.6 Å². The molecule has 1 aromatic carbocycles. The van der Waals surface area contributed by atoms with Crippen molar-refractivity contribution in [2.45, 2.75) is 39.7 Å². The highest BCUT2D eigenvalue weighted by atomic mass is 35.5. The van der Waals surface area contributed by atoms with Crippen LogP contribution in [0, 0.1) is 18.8 Å². The van der Waals surface area contributed by atoms with Gasteiger partial charge < -0.3 is 15.2 Å². The van der Waals surface area contributed by atoms with Gasteiger partial charge in [0, 0.05) is 19.5 Å². The first-order valence-corrected chi connectivity index (χ1v) is 9.04. The quantitative estimate of drug-likeness (QED) is 0.781. The first kappa shape index (κ1) is 22.7. The van der Waals surface area contributed by atoms with Gasteiger partial charge in [0.05, 0.1) is 11.0 Å². The second kappa shape index (κ2) is 10.8. The van der Waals surface area contributed by atoms with Gasteiger partial charge in [-0.15, -0.1) is 24.8 Å². The number of amides is 1. The number of para-hydroxylation sites is 2. The minimum Gasteiger partial charge on any atom is -0.354 e. The fraction of sp³-hybridized carbons (Fsp3) is 0.579. The van der Waals surface area contributed by atoms with E-state index in [0.717, 1.165) is 36.5 Å². The van der Waals surface area contributed by atoms with Crippen molar-refractivity contribution in [3.63, 3.8) is 0 Å². The number of hydrogen-bond acceptors (Lipinski definition) is 3. The van der Waals surface area contributed by atoms with E-state index < -0.39 is 0 Å². The molecule has 2 aromatic rings. The van der Waals surface area contributed by atoms with Crippen molar-refractivity contribution < 1.29 is 4.79 Å². The predicted octanol–water partition coefficient (Wildman–Crippen LogP) is 3.33. The van der Waals surface area contributed by atoms with Gasteiger partial charge in [-0.25, -0.2) is 4.98 Å². The average molecular weight is 401 g/mol. The van der Waals surface area contributed by atoms with Crippen molar-refractivity contribution in [1.82, 2.24) is 20.2 Å². The summed E-state index contributed by atoms with van der Waals surface area (Å²) >= 11 is 0. The normalized spacial score (nSPS) is 15.8. The predicted molar refractivity (Wildman–Crippen MR) is 111 cm³/mol. The summed E-state index contributed by atoms with van der Waals surface area (Å²) in [6.07, 6.45) is 3.01. The molecule has 1 amide bonds. The van der Waals surface area contributed by atoms with E-state index in [0.29, 0.717) is 24.8 Å². The number of hydrogen-bond donors (Lipinski definition) is 2. The first-order chi connectivity index (χ1) is 11.6. The zero-order valence-electron chi connectivity index (χ0n) is 15.5. The van der Waals surface area contributed by atoms with E-state index in [-0.39, 0.29) is 30.7 Å². The van der Waals surface area contributed by atoms with Crippen LogP contribution in [0.15, 0.2) is 24.3 Å². The van der Waals surface area contributed by atoms with Crippen molar-refractivity contribution in [3.05, 3.63) is 30.1 Å². The topological polar surface area (TPSA) is 59.0 Å². The highest BCUT2D eigenvalue weighted by Crippen LogP contribution is 2.24. The summed E-state index contributed by atoms with van der Waals surface area (Å²) in [6, 6.07) is 8.14. The van der Waals surface area contributed by atoms with Gasteiger partial charge in [-0.05, 0) is 56.8 Å². The Bertz CT molecular complexity index is 698. The fourth-order valence-electron chi connectivity index (χ4n) is 3.73. The number of aryl methyl sites for hydroxylation is 1. The molecule has 1 fully saturated rings. The summed E-state index contributed by atoms with van der Waals surface area (Å²) < 4.78 is 2.17. The van der Waals surface area contributed by atoms with E-state index in [2.05, 4.69) is 33.2 Å². The van der Waals surface area contributed by atoms with Crippen molar-refractivity contribution >= 4 is 41.8 Å². The molecular weight excluding hydrogens is 371 g/mol. The number of aromatic nitrogens is 2. The SMILES string of the molecule is Cc1nc2ccccc2n1CCNC(=O)CC(C)C1CCNCC1.Cl.Cl. The molecule has 0 bridgehead atoms. The largest absolute Gasteiger partial charge is 0.354 e. The third-order valence-corrected chi connectivity index (χ3v) is 5.20. The van der Waals surface area contributed by atoms with Crippen LogP contribution < -0.4 is 10.6 Å². The summed E-state index contributed by atoms with van der Waals surface area (Å²) in [4.78, 5) is 16.8. The van der Waals surface area contributed by atoms with Gasteiger partial charge in [0.2, 0.25) is 5.91 Å². The number of carbonyl (C=O) groups is 1. The van der Waals surface area contributed by atoms with Crippen LogP contribution >= 0.6 is 24.8 Å². The highest BCUT2D eigenvalue weighted by Gasteiger charge is 2.21. The van der Waals surface area contributed by atoms with Gasteiger partial charge in [-0.2, -0.15) is 0 Å². The number of nitrogens with one attached hydrogen (secondary N) is 2. The Kier molecular flexibility index (Phi) is 9.41. The van der Waals surface area contributed by atoms with Crippen molar-refractivity contribution in [1.29, 1.82) is 0 Å². The maximum Gasteiger partial charge on any atom is 0.220 e. The van der Waals surface area contributed by atoms with Crippen LogP contribution in [0.5, 0.6) is 0 Å². The number of benzene rings is 1. The van der Waals surface area contributed by atoms with Gasteiger partial charge in [-0.3, -0.25) is 4.79 Å². The third-order valence-electron chi connectivity index (χ3n) is 5.20. The second-order valence-corrected chi connectivity index (χ2v) is 6.92. The van der Waals surface area contributed by atoms with E-state index in [1.165, 1.54) is 12.8 Å². The number of piperidine rings is 1. The Labute approximate surface area is 168 Å². The van der Waals surface area contributed by atoms with Crippen LogP contribution in [-0.2, 0) is 11.3 Å². The molecule has 2 N–H and O–H groups in total. The zero-order valence-corrected chi connectivity index (χ0v) is 17.2. The minimum atomic E-state index is 0. The van der Waals surface area contributed by atoms with Crippen LogP contribution in [0.1, 0.15) is 32.0 Å². The Morgan fingerprint density at radius 2 is 2.00 bits per heavy atom. The number of nitrogens with zero attached hydrogens (tertiary/aromatic N) is 2. The standard InChI is InChI=1S/C19H28N4O.2ClH/c1-14(16-7-9-20-10-8-16)13-19(24)21-11-12-23-15(2)22-17-5-3-4-6-18(17)23;;/h3-6,14,16,20H,7-13H2,1-2H3,(H,21,24);2*1H. The molecule has 146 valence electrons. The van der Waals surface area contributed by atoms with E-state index in [1.807, 2.05) is 25.1 Å². The molecule has 1 aromatic heterocycles. The van der Waals surface area contributed by atoms with Gasteiger partial charge in [-0.1, -0.05) is 19.1 Å². The number of imidazole rings is 1. The number of halogens is 2. The smallest absolute Gasteiger partial charge is 0.220 e. The van der Waals surface area contributed by atoms with E-state index in [9.17, 15) is 4.79 Å². The average Bonchev–Trinajstić information content (AvgIpc) is 2.91. The van der Waals surface area contributed by atoms with Gasteiger partial charge in [0.15, 0.2) is 0 Å². The molecule has 1 saturated heterocycles. The molecule has 0 aliphatic carbocycles. The molecule has 0 spiro atoms. The summed E-state index contributed by atoms with van der Waals surface area (Å²) in [5.41, 5.74) is 2.15. The number of fused-ring (bicyclic) bond motifs is 1. The lowest BCUT2D eigenvalue weighted by Gasteiger charge is -2.27. The highest BCUT2D eigenvalue weighted by molar-refractivity contribution is 5.85. The molecule has 3 rings (SSSR count). The lowest BCUT2D eigenvalue weighted by atomic mass is 9.84. The molecular formula is C19H30Cl2N4O. The summed E-state index contributed by atoms with van der Waals surface area (Å²) in [5.74, 6) is 2.30.